The number of benzene rings is 1. The highest BCUT2D eigenvalue weighted by Gasteiger charge is 2.48. The molecule has 0 aliphatic carbocycles. The van der Waals surface area contributed by atoms with E-state index in [1.54, 1.807) is 24.3 Å². The zero-order chi connectivity index (χ0) is 12.5. The van der Waals surface area contributed by atoms with E-state index in [0.29, 0.717) is 18.0 Å². The van der Waals surface area contributed by atoms with Crippen molar-refractivity contribution in [2.75, 3.05) is 13.2 Å². The first-order valence-electron chi connectivity index (χ1n) is 5.83. The lowest BCUT2D eigenvalue weighted by atomic mass is 10.1. The molecule has 2 fully saturated rings. The van der Waals surface area contributed by atoms with Gasteiger partial charge in [-0.05, 0) is 12.1 Å². The Morgan fingerprint density at radius 2 is 2.11 bits per heavy atom. The van der Waals surface area contributed by atoms with E-state index >= 15 is 0 Å². The monoisotopic (exact) mass is 247 g/mol. The van der Waals surface area contributed by atoms with Gasteiger partial charge in [-0.2, -0.15) is 0 Å². The van der Waals surface area contributed by atoms with Crippen LogP contribution in [0.4, 0.5) is 5.69 Å². The largest absolute Gasteiger partial charge is 0.487 e. The maximum absolute atomic E-state index is 9.62. The molecule has 1 N–H and O–H groups in total. The van der Waals surface area contributed by atoms with Crippen molar-refractivity contribution >= 4 is 5.69 Å². The van der Waals surface area contributed by atoms with Gasteiger partial charge in [0.15, 0.2) is 11.8 Å². The minimum atomic E-state index is -0.571. The van der Waals surface area contributed by atoms with E-state index in [-0.39, 0.29) is 24.9 Å². The van der Waals surface area contributed by atoms with Crippen LogP contribution in [0.5, 0.6) is 5.75 Å². The van der Waals surface area contributed by atoms with Gasteiger partial charge in [0.2, 0.25) is 0 Å². The molecule has 2 heterocycles. The molecule has 0 amide bonds. The third-order valence-corrected chi connectivity index (χ3v) is 3.22. The summed E-state index contributed by atoms with van der Waals surface area (Å²) in [6.07, 6.45) is -1.32. The predicted molar refractivity (Wildman–Crippen MR) is 62.6 cm³/mol. The van der Waals surface area contributed by atoms with E-state index in [2.05, 4.69) is 4.85 Å². The summed E-state index contributed by atoms with van der Waals surface area (Å²) < 4.78 is 16.7. The minimum Gasteiger partial charge on any atom is -0.487 e. The van der Waals surface area contributed by atoms with Crippen LogP contribution in [0.2, 0.25) is 0 Å². The highest BCUT2D eigenvalue weighted by atomic mass is 16.6. The smallest absolute Gasteiger partial charge is 0.190 e. The van der Waals surface area contributed by atoms with Crippen LogP contribution in [0.25, 0.3) is 4.85 Å². The van der Waals surface area contributed by atoms with Crippen molar-refractivity contribution in [1.29, 1.82) is 0 Å². The molecule has 1 aromatic rings. The van der Waals surface area contributed by atoms with Crippen LogP contribution in [0.1, 0.15) is 0 Å². The second-order valence-corrected chi connectivity index (χ2v) is 4.43. The molecular weight excluding hydrogens is 234 g/mol. The number of aliphatic hydroxyl groups is 1. The quantitative estimate of drug-likeness (QED) is 0.796. The Labute approximate surface area is 105 Å². The van der Waals surface area contributed by atoms with Crippen molar-refractivity contribution in [3.05, 3.63) is 35.7 Å². The maximum Gasteiger partial charge on any atom is 0.190 e. The molecule has 1 aromatic carbocycles. The van der Waals surface area contributed by atoms with Gasteiger partial charge >= 0.3 is 0 Å². The second-order valence-electron chi connectivity index (χ2n) is 4.43. The zero-order valence-corrected chi connectivity index (χ0v) is 9.65. The van der Waals surface area contributed by atoms with Gasteiger partial charge in [-0.25, -0.2) is 4.85 Å². The number of fused-ring (bicyclic) bond motifs is 1. The van der Waals surface area contributed by atoms with Crippen LogP contribution >= 0.6 is 0 Å². The summed E-state index contributed by atoms with van der Waals surface area (Å²) in [4.78, 5) is 3.35. The topological polar surface area (TPSA) is 52.3 Å². The molecule has 2 aliphatic rings. The van der Waals surface area contributed by atoms with Crippen LogP contribution in [-0.4, -0.2) is 42.7 Å². The Hall–Kier alpha value is -1.61. The highest BCUT2D eigenvalue weighted by Crippen LogP contribution is 2.30. The first-order valence-corrected chi connectivity index (χ1v) is 5.83. The fourth-order valence-electron chi connectivity index (χ4n) is 2.35. The summed E-state index contributed by atoms with van der Waals surface area (Å²) in [5.41, 5.74) is 0.537. The van der Waals surface area contributed by atoms with Gasteiger partial charge in [-0.1, -0.05) is 12.1 Å². The molecule has 0 saturated carbocycles. The first kappa shape index (κ1) is 11.5. The van der Waals surface area contributed by atoms with Crippen molar-refractivity contribution < 1.29 is 19.3 Å². The zero-order valence-electron chi connectivity index (χ0n) is 9.65. The molecule has 5 heteroatoms. The van der Waals surface area contributed by atoms with Crippen molar-refractivity contribution in [3.63, 3.8) is 0 Å². The van der Waals surface area contributed by atoms with Crippen molar-refractivity contribution in [2.45, 2.75) is 24.4 Å². The van der Waals surface area contributed by atoms with Gasteiger partial charge < -0.3 is 19.3 Å². The van der Waals surface area contributed by atoms with Crippen molar-refractivity contribution in [3.8, 4) is 5.75 Å². The van der Waals surface area contributed by atoms with Gasteiger partial charge in [-0.3, -0.25) is 0 Å². The molecular formula is C13H13NO4. The summed E-state index contributed by atoms with van der Waals surface area (Å²) in [5.74, 6) is 0.628. The molecule has 4 atom stereocenters. The first-order chi connectivity index (χ1) is 8.78. The fourth-order valence-corrected chi connectivity index (χ4v) is 2.35. The number of aliphatic hydroxyl groups excluding tert-OH is 1. The number of hydrogen-bond donors (Lipinski definition) is 1. The lowest BCUT2D eigenvalue weighted by Crippen LogP contribution is -2.34. The highest BCUT2D eigenvalue weighted by molar-refractivity contribution is 5.48. The Kier molecular flexibility index (Phi) is 2.92. The summed E-state index contributed by atoms with van der Waals surface area (Å²) in [6, 6.07) is 6.99. The van der Waals surface area contributed by atoms with Gasteiger partial charge in [0.1, 0.15) is 24.1 Å². The van der Waals surface area contributed by atoms with E-state index in [0.717, 1.165) is 0 Å². The van der Waals surface area contributed by atoms with Crippen molar-refractivity contribution in [2.24, 2.45) is 0 Å². The van der Waals surface area contributed by atoms with Crippen LogP contribution in [0.3, 0.4) is 0 Å². The molecule has 2 aliphatic heterocycles. The van der Waals surface area contributed by atoms with E-state index in [1.807, 2.05) is 0 Å². The Morgan fingerprint density at radius 3 is 2.94 bits per heavy atom. The Balaban J connectivity index is 1.72. The molecule has 0 radical (unpaired) electrons. The molecule has 0 bridgehead atoms. The molecule has 18 heavy (non-hydrogen) atoms. The maximum atomic E-state index is 9.62. The average Bonchev–Trinajstić information content (AvgIpc) is 2.95. The lowest BCUT2D eigenvalue weighted by molar-refractivity contribution is 0.00864. The van der Waals surface area contributed by atoms with E-state index in [1.165, 1.54) is 0 Å². The second kappa shape index (κ2) is 4.58. The summed E-state index contributed by atoms with van der Waals surface area (Å²) in [7, 11) is 0. The molecule has 3 rings (SSSR count). The standard InChI is InChI=1S/C13H13NO4/c1-14-8-3-2-4-9(5-8)18-11-7-17-12-10(15)6-16-13(11)12/h2-5,10-13,15H,6-7H2/t10-,11+,12-,13-/m1/s1. The average molecular weight is 247 g/mol. The normalized spacial score (nSPS) is 34.0. The lowest BCUT2D eigenvalue weighted by Gasteiger charge is -2.18. The van der Waals surface area contributed by atoms with E-state index in [9.17, 15) is 5.11 Å². The Morgan fingerprint density at radius 1 is 1.28 bits per heavy atom. The number of nitrogens with zero attached hydrogens (tertiary/aromatic N) is 1. The summed E-state index contributed by atoms with van der Waals surface area (Å²) in [5, 5.41) is 9.62. The molecule has 94 valence electrons. The Bertz CT molecular complexity index is 484. The molecule has 5 nitrogen and oxygen atoms in total. The van der Waals surface area contributed by atoms with Gasteiger partial charge in [0, 0.05) is 0 Å². The van der Waals surface area contributed by atoms with Gasteiger partial charge in [-0.15, -0.1) is 0 Å². The third kappa shape index (κ3) is 1.95. The van der Waals surface area contributed by atoms with E-state index < -0.39 is 6.10 Å². The number of rotatable bonds is 2. The van der Waals surface area contributed by atoms with Crippen LogP contribution < -0.4 is 4.74 Å². The third-order valence-electron chi connectivity index (χ3n) is 3.22. The fraction of sp³-hybridized carbons (Fsp3) is 0.462. The van der Waals surface area contributed by atoms with Crippen molar-refractivity contribution in [1.82, 2.24) is 0 Å². The van der Waals surface area contributed by atoms with Crippen LogP contribution in [0, 0.1) is 6.57 Å². The predicted octanol–water partition coefficient (Wildman–Crippen LogP) is 1.14. The summed E-state index contributed by atoms with van der Waals surface area (Å²) >= 11 is 0. The molecule has 2 saturated heterocycles. The van der Waals surface area contributed by atoms with Gasteiger partial charge in [0.25, 0.3) is 0 Å². The summed E-state index contributed by atoms with van der Waals surface area (Å²) in [6.45, 7) is 7.64. The molecule has 0 unspecified atom stereocenters. The van der Waals surface area contributed by atoms with Gasteiger partial charge in [0.05, 0.1) is 19.8 Å². The minimum absolute atomic E-state index is 0.225. The van der Waals surface area contributed by atoms with E-state index in [4.69, 9.17) is 20.8 Å². The number of hydrogen-bond acceptors (Lipinski definition) is 4. The molecule has 0 spiro atoms. The number of ether oxygens (including phenoxy) is 3. The van der Waals surface area contributed by atoms with Crippen LogP contribution in [0.15, 0.2) is 24.3 Å². The SMILES string of the molecule is [C-]#[N+]c1cccc(O[C@H]2CO[C@H]3[C@@H]2OC[C@H]3O)c1. The molecule has 0 aromatic heterocycles. The van der Waals surface area contributed by atoms with Crippen LogP contribution in [-0.2, 0) is 9.47 Å².